The lowest BCUT2D eigenvalue weighted by atomic mass is 10.1. The zero-order valence-corrected chi connectivity index (χ0v) is 20.1. The molecule has 1 saturated heterocycles. The van der Waals surface area contributed by atoms with Crippen LogP contribution in [-0.4, -0.2) is 50.5 Å². The zero-order chi connectivity index (χ0) is 20.4. The molecule has 0 aliphatic carbocycles. The average Bonchev–Trinajstić information content (AvgIpc) is 2.99. The molecule has 2 aliphatic rings. The second-order valence-corrected chi connectivity index (χ2v) is 18.8. The van der Waals surface area contributed by atoms with Gasteiger partial charge in [-0.3, -0.25) is 14.5 Å². The number of rotatable bonds is 8. The third-order valence-corrected chi connectivity index (χ3v) is 21.1. The maximum Gasteiger partial charge on any atom is 0.261 e. The molecule has 2 amide bonds. The van der Waals surface area contributed by atoms with Crippen LogP contribution in [0.3, 0.4) is 0 Å². The normalized spacial score (nSPS) is 21.2. The van der Waals surface area contributed by atoms with Crippen LogP contribution in [0, 0.1) is 0 Å². The van der Waals surface area contributed by atoms with E-state index >= 15 is 0 Å². The van der Waals surface area contributed by atoms with E-state index in [2.05, 4.69) is 31.9 Å². The highest BCUT2D eigenvalue weighted by Gasteiger charge is 2.50. The van der Waals surface area contributed by atoms with Gasteiger partial charge in [0.2, 0.25) is 0 Å². The summed E-state index contributed by atoms with van der Waals surface area (Å²) >= 11 is 0. The van der Waals surface area contributed by atoms with Crippen molar-refractivity contribution in [1.82, 2.24) is 9.13 Å². The first-order valence-electron chi connectivity index (χ1n) is 11.2. The largest absolute Gasteiger partial charge is 0.345 e. The molecule has 0 N–H and O–H groups in total. The molecule has 0 spiro atoms. The molecule has 6 heteroatoms. The molecule has 1 fully saturated rings. The van der Waals surface area contributed by atoms with Crippen molar-refractivity contribution < 1.29 is 9.59 Å². The Morgan fingerprint density at radius 1 is 0.786 bits per heavy atom. The lowest BCUT2D eigenvalue weighted by Gasteiger charge is -2.56. The van der Waals surface area contributed by atoms with Crippen LogP contribution in [0.4, 0.5) is 0 Å². The van der Waals surface area contributed by atoms with Crippen LogP contribution < -0.4 is 0 Å². The Kier molecular flexibility index (Phi) is 6.62. The van der Waals surface area contributed by atoms with Crippen molar-refractivity contribution >= 4 is 28.3 Å². The molecule has 0 aromatic heterocycles. The van der Waals surface area contributed by atoms with Gasteiger partial charge in [-0.05, 0) is 61.4 Å². The fourth-order valence-electron chi connectivity index (χ4n) is 5.79. The highest BCUT2D eigenvalue weighted by molar-refractivity contribution is 6.93. The van der Waals surface area contributed by atoms with Crippen molar-refractivity contribution in [1.29, 1.82) is 0 Å². The van der Waals surface area contributed by atoms with E-state index in [-0.39, 0.29) is 11.8 Å². The lowest BCUT2D eigenvalue weighted by molar-refractivity contribution is 0.0651. The molecule has 2 aliphatic heterocycles. The molecule has 0 bridgehead atoms. The lowest BCUT2D eigenvalue weighted by Crippen LogP contribution is -2.69. The highest BCUT2D eigenvalue weighted by atomic mass is 28.4. The topological polar surface area (TPSA) is 40.6 Å². The van der Waals surface area contributed by atoms with Crippen molar-refractivity contribution in [3.05, 3.63) is 35.4 Å². The number of fused-ring (bicyclic) bond motifs is 1. The van der Waals surface area contributed by atoms with Crippen LogP contribution in [0.5, 0.6) is 0 Å². The van der Waals surface area contributed by atoms with E-state index in [0.717, 1.165) is 13.0 Å². The minimum atomic E-state index is -1.41. The predicted molar refractivity (Wildman–Crippen MR) is 121 cm³/mol. The summed E-state index contributed by atoms with van der Waals surface area (Å²) < 4.78 is 3.06. The molecule has 0 atom stereocenters. The van der Waals surface area contributed by atoms with Gasteiger partial charge in [0.25, 0.3) is 11.8 Å². The molecule has 4 nitrogen and oxygen atoms in total. The molecule has 3 rings (SSSR count). The quantitative estimate of drug-likeness (QED) is 0.424. The van der Waals surface area contributed by atoms with Gasteiger partial charge in [0.1, 0.15) is 16.5 Å². The zero-order valence-electron chi connectivity index (χ0n) is 18.1. The standard InChI is InChI=1S/C22H36N2O2Si2/c1-5-27(6-2)17-12-18-28(7-3,8-4)24(27)16-11-15-23-21(25)19-13-9-10-14-20(19)22(23)26/h9-10,13-14H,5-8,11-12,15-18H2,1-4H3. The molecular formula is C22H36N2O2Si2. The van der Waals surface area contributed by atoms with Gasteiger partial charge in [-0.2, -0.15) is 0 Å². The van der Waals surface area contributed by atoms with Crippen LogP contribution in [0.25, 0.3) is 0 Å². The summed E-state index contributed by atoms with van der Waals surface area (Å²) in [6, 6.07) is 15.5. The van der Waals surface area contributed by atoms with Gasteiger partial charge in [0.15, 0.2) is 0 Å². The van der Waals surface area contributed by atoms with E-state index < -0.39 is 16.5 Å². The SMILES string of the molecule is CC[Si]1(CC)CCC[Si](CC)(CC)N1CCCN1C(=O)c2ccccc2C1=O. The van der Waals surface area contributed by atoms with Crippen LogP contribution in [0.15, 0.2) is 24.3 Å². The van der Waals surface area contributed by atoms with Crippen molar-refractivity contribution in [2.45, 2.75) is 76.8 Å². The number of nitrogens with zero attached hydrogens (tertiary/aromatic N) is 2. The molecule has 0 saturated carbocycles. The number of carbonyl (C=O) groups is 2. The maximum absolute atomic E-state index is 12.7. The molecule has 28 heavy (non-hydrogen) atoms. The predicted octanol–water partition coefficient (Wildman–Crippen LogP) is 5.35. The van der Waals surface area contributed by atoms with Crippen molar-refractivity contribution in [3.63, 3.8) is 0 Å². The number of benzene rings is 1. The number of hydrogen-bond acceptors (Lipinski definition) is 3. The number of carbonyl (C=O) groups excluding carboxylic acids is 2. The number of amides is 2. The monoisotopic (exact) mass is 416 g/mol. The van der Waals surface area contributed by atoms with Crippen LogP contribution in [0.1, 0.15) is 61.3 Å². The number of imide groups is 1. The molecule has 154 valence electrons. The smallest absolute Gasteiger partial charge is 0.261 e. The fraction of sp³-hybridized carbons (Fsp3) is 0.636. The highest BCUT2D eigenvalue weighted by Crippen LogP contribution is 2.42. The Bertz CT molecular complexity index is 674. The van der Waals surface area contributed by atoms with Crippen molar-refractivity contribution in [3.8, 4) is 0 Å². The van der Waals surface area contributed by atoms with Gasteiger partial charge >= 0.3 is 0 Å². The summed E-state index contributed by atoms with van der Waals surface area (Å²) in [5.74, 6) is -0.216. The fourth-order valence-corrected chi connectivity index (χ4v) is 20.2. The Morgan fingerprint density at radius 3 is 1.68 bits per heavy atom. The summed E-state index contributed by atoms with van der Waals surface area (Å²) in [6.45, 7) is 11.3. The first-order valence-corrected chi connectivity index (χ1v) is 16.3. The Labute approximate surface area is 172 Å². The molecular weight excluding hydrogens is 380 g/mol. The summed E-state index contributed by atoms with van der Waals surface area (Å²) in [4.78, 5) is 26.8. The molecule has 0 unspecified atom stereocenters. The molecule has 0 radical (unpaired) electrons. The van der Waals surface area contributed by atoms with E-state index in [0.29, 0.717) is 17.7 Å². The number of hydrogen-bond donors (Lipinski definition) is 0. The van der Waals surface area contributed by atoms with E-state index in [4.69, 9.17) is 0 Å². The maximum atomic E-state index is 12.7. The second-order valence-electron chi connectivity index (χ2n) is 8.53. The van der Waals surface area contributed by atoms with Crippen LogP contribution in [-0.2, 0) is 0 Å². The minimum Gasteiger partial charge on any atom is -0.345 e. The van der Waals surface area contributed by atoms with Crippen LogP contribution >= 0.6 is 0 Å². The van der Waals surface area contributed by atoms with Crippen molar-refractivity contribution in [2.75, 3.05) is 13.1 Å². The second kappa shape index (κ2) is 8.63. The van der Waals surface area contributed by atoms with Gasteiger partial charge in [-0.1, -0.05) is 46.2 Å². The minimum absolute atomic E-state index is 0.108. The average molecular weight is 417 g/mol. The van der Waals surface area contributed by atoms with Gasteiger partial charge in [-0.15, -0.1) is 0 Å². The first kappa shape index (κ1) is 21.5. The molecule has 1 aromatic carbocycles. The third kappa shape index (κ3) is 3.44. The van der Waals surface area contributed by atoms with Crippen molar-refractivity contribution in [2.24, 2.45) is 0 Å². The van der Waals surface area contributed by atoms with Crippen LogP contribution in [0.2, 0.25) is 36.3 Å². The molecule has 1 aromatic rings. The summed E-state index contributed by atoms with van der Waals surface area (Å²) in [5.41, 5.74) is 1.14. The summed E-state index contributed by atoms with van der Waals surface area (Å²) in [7, 11) is -2.81. The first-order chi connectivity index (χ1) is 13.5. The van der Waals surface area contributed by atoms with Gasteiger partial charge in [0, 0.05) is 6.54 Å². The Balaban J connectivity index is 1.74. The third-order valence-electron chi connectivity index (χ3n) is 7.70. The van der Waals surface area contributed by atoms with Gasteiger partial charge in [-0.25, -0.2) is 0 Å². The Morgan fingerprint density at radius 2 is 1.25 bits per heavy atom. The Hall–Kier alpha value is -1.25. The molecule has 2 heterocycles. The van der Waals surface area contributed by atoms with E-state index in [1.807, 2.05) is 12.1 Å². The summed E-state index contributed by atoms with van der Waals surface area (Å²) in [5, 5.41) is 0. The van der Waals surface area contributed by atoms with E-state index in [9.17, 15) is 9.59 Å². The summed E-state index contributed by atoms with van der Waals surface area (Å²) in [6.07, 6.45) is 2.34. The van der Waals surface area contributed by atoms with E-state index in [1.165, 1.54) is 47.6 Å². The van der Waals surface area contributed by atoms with Gasteiger partial charge in [0.05, 0.1) is 11.1 Å². The van der Waals surface area contributed by atoms with Gasteiger partial charge < -0.3 is 4.23 Å². The van der Waals surface area contributed by atoms with E-state index in [1.54, 1.807) is 12.1 Å².